The number of amides is 2. The average Bonchev–Trinajstić information content (AvgIpc) is 2.37. The van der Waals surface area contributed by atoms with Gasteiger partial charge in [0.15, 0.2) is 0 Å². The van der Waals surface area contributed by atoms with Crippen LogP contribution in [0.15, 0.2) is 0 Å². The first-order chi connectivity index (χ1) is 9.27. The Labute approximate surface area is 121 Å². The monoisotopic (exact) mass is 284 g/mol. The van der Waals surface area contributed by atoms with E-state index in [1.807, 2.05) is 18.7 Å². The minimum absolute atomic E-state index is 0.126. The lowest BCUT2D eigenvalue weighted by atomic mass is 9.78. The Morgan fingerprint density at radius 3 is 2.25 bits per heavy atom. The zero-order chi connectivity index (χ0) is 15.3. The quantitative estimate of drug-likeness (QED) is 0.844. The molecule has 5 nitrogen and oxygen atoms in total. The summed E-state index contributed by atoms with van der Waals surface area (Å²) in [6, 6.07) is -0.126. The highest BCUT2D eigenvalue weighted by molar-refractivity contribution is 5.80. The van der Waals surface area contributed by atoms with Crippen LogP contribution in [0.2, 0.25) is 0 Å². The van der Waals surface area contributed by atoms with Crippen LogP contribution >= 0.6 is 0 Å². The van der Waals surface area contributed by atoms with Crippen molar-refractivity contribution in [3.8, 4) is 0 Å². The Balaban J connectivity index is 2.64. The molecule has 0 saturated carbocycles. The number of nitrogens with zero attached hydrogens (tertiary/aromatic N) is 2. The third-order valence-electron chi connectivity index (χ3n) is 4.28. The van der Waals surface area contributed by atoms with Gasteiger partial charge in [0.2, 0.25) is 0 Å². The largest absolute Gasteiger partial charge is 0.480 e. The fourth-order valence-corrected chi connectivity index (χ4v) is 2.61. The van der Waals surface area contributed by atoms with Crippen molar-refractivity contribution in [2.45, 2.75) is 47.0 Å². The lowest BCUT2D eigenvalue weighted by Crippen LogP contribution is -2.50. The average molecular weight is 284 g/mol. The van der Waals surface area contributed by atoms with Crippen LogP contribution in [0, 0.1) is 11.3 Å². The van der Waals surface area contributed by atoms with Gasteiger partial charge in [-0.25, -0.2) is 4.79 Å². The van der Waals surface area contributed by atoms with Gasteiger partial charge in [-0.1, -0.05) is 34.1 Å². The molecule has 1 saturated heterocycles. The van der Waals surface area contributed by atoms with Crippen molar-refractivity contribution in [2.24, 2.45) is 11.3 Å². The molecule has 0 unspecified atom stereocenters. The summed E-state index contributed by atoms with van der Waals surface area (Å²) in [5.74, 6) is -0.682. The van der Waals surface area contributed by atoms with Crippen molar-refractivity contribution in [1.82, 2.24) is 9.80 Å². The Kier molecular flexibility index (Phi) is 5.84. The number of likely N-dealkylation sites (tertiary alicyclic amines) is 1. The van der Waals surface area contributed by atoms with Gasteiger partial charge in [0.1, 0.15) is 6.54 Å². The molecule has 1 aliphatic rings. The Bertz CT molecular complexity index is 347. The van der Waals surface area contributed by atoms with Crippen molar-refractivity contribution in [2.75, 3.05) is 26.2 Å². The smallest absolute Gasteiger partial charge is 0.323 e. The first kappa shape index (κ1) is 16.8. The van der Waals surface area contributed by atoms with E-state index in [1.54, 1.807) is 0 Å². The van der Waals surface area contributed by atoms with Gasteiger partial charge in [-0.15, -0.1) is 0 Å². The summed E-state index contributed by atoms with van der Waals surface area (Å²) in [5.41, 5.74) is 0.326. The molecule has 0 aliphatic carbocycles. The highest BCUT2D eigenvalue weighted by atomic mass is 16.4. The summed E-state index contributed by atoms with van der Waals surface area (Å²) in [7, 11) is 0. The van der Waals surface area contributed by atoms with Crippen LogP contribution < -0.4 is 0 Å². The Morgan fingerprint density at radius 2 is 1.85 bits per heavy atom. The van der Waals surface area contributed by atoms with E-state index in [0.717, 1.165) is 32.4 Å². The molecule has 1 fully saturated rings. The second-order valence-corrected chi connectivity index (χ2v) is 6.60. The molecule has 116 valence electrons. The first-order valence-corrected chi connectivity index (χ1v) is 7.53. The van der Waals surface area contributed by atoms with Gasteiger partial charge in [0, 0.05) is 19.6 Å². The summed E-state index contributed by atoms with van der Waals surface area (Å²) in [5, 5.41) is 8.95. The van der Waals surface area contributed by atoms with E-state index in [2.05, 4.69) is 13.8 Å². The van der Waals surface area contributed by atoms with Gasteiger partial charge < -0.3 is 14.9 Å². The molecule has 0 aromatic carbocycles. The topological polar surface area (TPSA) is 60.9 Å². The van der Waals surface area contributed by atoms with E-state index in [4.69, 9.17) is 5.11 Å². The molecule has 0 bridgehead atoms. The van der Waals surface area contributed by atoms with E-state index in [9.17, 15) is 9.59 Å². The highest BCUT2D eigenvalue weighted by Gasteiger charge is 2.32. The molecule has 1 heterocycles. The number of carbonyl (C=O) groups excluding carboxylic acids is 1. The van der Waals surface area contributed by atoms with Crippen molar-refractivity contribution < 1.29 is 14.7 Å². The molecule has 1 rings (SSSR count). The van der Waals surface area contributed by atoms with Gasteiger partial charge in [-0.3, -0.25) is 4.79 Å². The number of aliphatic carboxylic acids is 1. The second-order valence-electron chi connectivity index (χ2n) is 6.60. The Morgan fingerprint density at radius 1 is 1.30 bits per heavy atom. The maximum Gasteiger partial charge on any atom is 0.323 e. The van der Waals surface area contributed by atoms with Gasteiger partial charge in [0.05, 0.1) is 0 Å². The van der Waals surface area contributed by atoms with Crippen molar-refractivity contribution in [3.05, 3.63) is 0 Å². The molecular formula is C15H28N2O3. The van der Waals surface area contributed by atoms with E-state index in [1.165, 1.54) is 4.90 Å². The zero-order valence-corrected chi connectivity index (χ0v) is 13.2. The van der Waals surface area contributed by atoms with E-state index in [-0.39, 0.29) is 18.5 Å². The molecule has 1 N–H and O–H groups in total. The van der Waals surface area contributed by atoms with Crippen LogP contribution in [0.1, 0.15) is 47.0 Å². The molecule has 0 atom stereocenters. The minimum Gasteiger partial charge on any atom is -0.480 e. The molecule has 0 spiro atoms. The van der Waals surface area contributed by atoms with Crippen LogP contribution in [-0.4, -0.2) is 53.1 Å². The lowest BCUT2D eigenvalue weighted by Gasteiger charge is -2.40. The second kappa shape index (κ2) is 6.95. The SMILES string of the molecule is CCC1(C)CCN(C(=O)N(CC(=O)O)CC(C)C)CC1. The van der Waals surface area contributed by atoms with Crippen molar-refractivity contribution in [1.29, 1.82) is 0 Å². The highest BCUT2D eigenvalue weighted by Crippen LogP contribution is 2.34. The number of piperidine rings is 1. The predicted molar refractivity (Wildman–Crippen MR) is 78.6 cm³/mol. The third-order valence-corrected chi connectivity index (χ3v) is 4.28. The summed E-state index contributed by atoms with van der Waals surface area (Å²) >= 11 is 0. The summed E-state index contributed by atoms with van der Waals surface area (Å²) < 4.78 is 0. The molecule has 0 radical (unpaired) electrons. The van der Waals surface area contributed by atoms with Crippen molar-refractivity contribution >= 4 is 12.0 Å². The number of carboxylic acid groups (broad SMARTS) is 1. The van der Waals surface area contributed by atoms with Crippen LogP contribution in [0.3, 0.4) is 0 Å². The first-order valence-electron chi connectivity index (χ1n) is 7.53. The molecule has 5 heteroatoms. The fourth-order valence-electron chi connectivity index (χ4n) is 2.61. The molecule has 0 aromatic heterocycles. The molecule has 0 aromatic rings. The van der Waals surface area contributed by atoms with E-state index in [0.29, 0.717) is 12.0 Å². The molecule has 2 amide bonds. The number of carboxylic acids is 1. The van der Waals surface area contributed by atoms with E-state index >= 15 is 0 Å². The van der Waals surface area contributed by atoms with Crippen LogP contribution in [0.4, 0.5) is 4.79 Å². The molecule has 20 heavy (non-hydrogen) atoms. The Hall–Kier alpha value is -1.26. The predicted octanol–water partition coefficient (Wildman–Crippen LogP) is 2.66. The molecular weight excluding hydrogens is 256 g/mol. The molecule has 1 aliphatic heterocycles. The van der Waals surface area contributed by atoms with Crippen molar-refractivity contribution in [3.63, 3.8) is 0 Å². The summed E-state index contributed by atoms with van der Waals surface area (Å²) in [6.07, 6.45) is 3.12. The van der Waals surface area contributed by atoms with Crippen LogP contribution in [0.5, 0.6) is 0 Å². The van der Waals surface area contributed by atoms with Gasteiger partial charge in [-0.2, -0.15) is 0 Å². The number of carbonyl (C=O) groups is 2. The lowest BCUT2D eigenvalue weighted by molar-refractivity contribution is -0.137. The number of urea groups is 1. The maximum absolute atomic E-state index is 12.5. The van der Waals surface area contributed by atoms with E-state index < -0.39 is 5.97 Å². The number of hydrogen-bond acceptors (Lipinski definition) is 2. The van der Waals surface area contributed by atoms with Gasteiger partial charge >= 0.3 is 12.0 Å². The number of rotatable bonds is 5. The maximum atomic E-state index is 12.5. The summed E-state index contributed by atoms with van der Waals surface area (Å²) in [6.45, 7) is 10.2. The number of hydrogen-bond donors (Lipinski definition) is 1. The summed E-state index contributed by atoms with van der Waals surface area (Å²) in [4.78, 5) is 26.6. The standard InChI is InChI=1S/C15H28N2O3/c1-5-15(4)6-8-16(9-7-15)14(20)17(10-12(2)3)11-13(18)19/h12H,5-11H2,1-4H3,(H,18,19). The fraction of sp³-hybridized carbons (Fsp3) is 0.867. The zero-order valence-electron chi connectivity index (χ0n) is 13.2. The van der Waals surface area contributed by atoms with Gasteiger partial charge in [-0.05, 0) is 24.2 Å². The van der Waals surface area contributed by atoms with Crippen LogP contribution in [0.25, 0.3) is 0 Å². The van der Waals surface area contributed by atoms with Crippen LogP contribution in [-0.2, 0) is 4.79 Å². The minimum atomic E-state index is -0.950. The normalized spacial score (nSPS) is 18.1. The third kappa shape index (κ3) is 4.69. The van der Waals surface area contributed by atoms with Gasteiger partial charge in [0.25, 0.3) is 0 Å².